The molecule has 1 amide bonds. The number of hydrogen-bond acceptors (Lipinski definition) is 6. The minimum Gasteiger partial charge on any atom is -0.273 e. The van der Waals surface area contributed by atoms with E-state index in [9.17, 15) is 4.79 Å². The van der Waals surface area contributed by atoms with Gasteiger partial charge in [0, 0.05) is 0 Å². The third-order valence-corrected chi connectivity index (χ3v) is 4.53. The first-order valence-electron chi connectivity index (χ1n) is 7.03. The van der Waals surface area contributed by atoms with Gasteiger partial charge in [-0.3, -0.25) is 4.79 Å². The Bertz CT molecular complexity index is 856. The van der Waals surface area contributed by atoms with Gasteiger partial charge in [0.1, 0.15) is 6.33 Å². The lowest BCUT2D eigenvalue weighted by atomic mass is 10.1. The Morgan fingerprint density at radius 1 is 1.29 bits per heavy atom. The van der Waals surface area contributed by atoms with Gasteiger partial charge in [-0.15, -0.1) is 16.4 Å². The van der Waals surface area contributed by atoms with Crippen LogP contribution >= 0.6 is 22.9 Å². The van der Waals surface area contributed by atoms with Crippen LogP contribution in [0, 0.1) is 0 Å². The van der Waals surface area contributed by atoms with Gasteiger partial charge >= 0.3 is 0 Å². The molecule has 0 radical (unpaired) electrons. The smallest absolute Gasteiger partial charge is 0.244 e. The maximum atomic E-state index is 12.0. The number of benzene rings is 1. The summed E-state index contributed by atoms with van der Waals surface area (Å²) in [6, 6.07) is 11.1. The molecule has 0 spiro atoms. The molecule has 0 aliphatic heterocycles. The van der Waals surface area contributed by atoms with Crippen molar-refractivity contribution in [2.45, 2.75) is 13.3 Å². The van der Waals surface area contributed by atoms with E-state index < -0.39 is 0 Å². The van der Waals surface area contributed by atoms with Crippen LogP contribution in [0.5, 0.6) is 0 Å². The van der Waals surface area contributed by atoms with Gasteiger partial charge in [-0.05, 0) is 47.2 Å². The van der Waals surface area contributed by atoms with Crippen molar-refractivity contribution in [3.8, 4) is 5.69 Å². The number of carbonyl (C=O) groups is 1. The molecule has 2 aromatic heterocycles. The third-order valence-electron chi connectivity index (χ3n) is 3.19. The number of hydrogen-bond donors (Lipinski definition) is 1. The zero-order valence-corrected chi connectivity index (χ0v) is 14.3. The lowest BCUT2D eigenvalue weighted by molar-refractivity contribution is -0.120. The standard InChI is InChI=1S/C15H13ClN6OS/c1-10(13-6-7-14(16)24-13)18-19-15(23)8-11-2-4-12(5-3-11)22-9-17-20-21-22/h2-7,9H,8H2,1H3,(H,19,23). The SMILES string of the molecule is CC(=NNC(=O)Cc1ccc(-n2cnnn2)cc1)c1ccc(Cl)s1. The Balaban J connectivity index is 1.58. The van der Waals surface area contributed by atoms with E-state index in [1.165, 1.54) is 17.7 Å². The molecular formula is C15H13ClN6OS. The first kappa shape index (κ1) is 16.3. The van der Waals surface area contributed by atoms with Crippen molar-refractivity contribution >= 4 is 34.6 Å². The summed E-state index contributed by atoms with van der Waals surface area (Å²) in [5.74, 6) is -0.188. The largest absolute Gasteiger partial charge is 0.273 e. The zero-order chi connectivity index (χ0) is 16.9. The number of carbonyl (C=O) groups excluding carboxylic acids is 1. The molecule has 0 aliphatic carbocycles. The summed E-state index contributed by atoms with van der Waals surface area (Å²) in [5.41, 5.74) is 4.97. The van der Waals surface area contributed by atoms with E-state index in [1.807, 2.05) is 37.3 Å². The molecule has 122 valence electrons. The number of tetrazole rings is 1. The summed E-state index contributed by atoms with van der Waals surface area (Å²) in [6.07, 6.45) is 1.74. The molecule has 3 aromatic rings. The molecule has 7 nitrogen and oxygen atoms in total. The summed E-state index contributed by atoms with van der Waals surface area (Å²) >= 11 is 7.30. The van der Waals surface area contributed by atoms with Crippen molar-refractivity contribution in [1.82, 2.24) is 25.6 Å². The van der Waals surface area contributed by atoms with Crippen LogP contribution in [0.1, 0.15) is 17.4 Å². The monoisotopic (exact) mass is 360 g/mol. The molecule has 0 atom stereocenters. The number of amides is 1. The van der Waals surface area contributed by atoms with Gasteiger partial charge < -0.3 is 0 Å². The minimum atomic E-state index is -0.188. The van der Waals surface area contributed by atoms with Crippen LogP contribution in [0.3, 0.4) is 0 Å². The summed E-state index contributed by atoms with van der Waals surface area (Å²) in [6.45, 7) is 1.82. The highest BCUT2D eigenvalue weighted by atomic mass is 35.5. The highest BCUT2D eigenvalue weighted by molar-refractivity contribution is 7.18. The Kier molecular flexibility index (Phi) is 4.97. The second-order valence-electron chi connectivity index (χ2n) is 4.93. The topological polar surface area (TPSA) is 85.1 Å². The Hall–Kier alpha value is -2.58. The van der Waals surface area contributed by atoms with Crippen LogP contribution in [0.4, 0.5) is 0 Å². The Labute approximate surface area is 147 Å². The second-order valence-corrected chi connectivity index (χ2v) is 6.65. The first-order valence-corrected chi connectivity index (χ1v) is 8.22. The average molecular weight is 361 g/mol. The number of thiophene rings is 1. The van der Waals surface area contributed by atoms with Gasteiger partial charge in [0.2, 0.25) is 5.91 Å². The first-order chi connectivity index (χ1) is 11.6. The van der Waals surface area contributed by atoms with Crippen LogP contribution in [-0.2, 0) is 11.2 Å². The molecule has 2 heterocycles. The lowest BCUT2D eigenvalue weighted by Gasteiger charge is -2.04. The highest BCUT2D eigenvalue weighted by Crippen LogP contribution is 2.21. The molecule has 0 fully saturated rings. The van der Waals surface area contributed by atoms with E-state index in [1.54, 1.807) is 10.7 Å². The molecule has 0 bridgehead atoms. The molecule has 0 saturated heterocycles. The van der Waals surface area contributed by atoms with Crippen molar-refractivity contribution in [2.75, 3.05) is 0 Å². The summed E-state index contributed by atoms with van der Waals surface area (Å²) in [7, 11) is 0. The molecule has 1 N–H and O–H groups in total. The minimum absolute atomic E-state index is 0.188. The van der Waals surface area contributed by atoms with E-state index in [4.69, 9.17) is 11.6 Å². The molecular weight excluding hydrogens is 348 g/mol. The molecule has 0 aliphatic rings. The summed E-state index contributed by atoms with van der Waals surface area (Å²) in [4.78, 5) is 12.9. The number of aromatic nitrogens is 4. The number of nitrogens with one attached hydrogen (secondary N) is 1. The molecule has 3 rings (SSSR count). The Morgan fingerprint density at radius 2 is 2.08 bits per heavy atom. The van der Waals surface area contributed by atoms with E-state index in [2.05, 4.69) is 26.1 Å². The molecule has 1 aromatic carbocycles. The predicted molar refractivity (Wildman–Crippen MR) is 92.5 cm³/mol. The highest BCUT2D eigenvalue weighted by Gasteiger charge is 2.06. The quantitative estimate of drug-likeness (QED) is 0.559. The van der Waals surface area contributed by atoms with E-state index >= 15 is 0 Å². The van der Waals surface area contributed by atoms with E-state index in [0.29, 0.717) is 10.0 Å². The summed E-state index contributed by atoms with van der Waals surface area (Å²) < 4.78 is 2.23. The van der Waals surface area contributed by atoms with E-state index in [0.717, 1.165) is 16.1 Å². The molecule has 9 heteroatoms. The van der Waals surface area contributed by atoms with Crippen molar-refractivity contribution in [1.29, 1.82) is 0 Å². The van der Waals surface area contributed by atoms with Crippen LogP contribution in [0.15, 0.2) is 47.8 Å². The Morgan fingerprint density at radius 3 is 2.71 bits per heavy atom. The fraction of sp³-hybridized carbons (Fsp3) is 0.133. The molecule has 0 unspecified atom stereocenters. The molecule has 0 saturated carbocycles. The second kappa shape index (κ2) is 7.33. The van der Waals surface area contributed by atoms with E-state index in [-0.39, 0.29) is 12.3 Å². The van der Waals surface area contributed by atoms with Gasteiger partial charge in [0.15, 0.2) is 0 Å². The average Bonchev–Trinajstić information content (AvgIpc) is 3.25. The maximum absolute atomic E-state index is 12.0. The third kappa shape index (κ3) is 4.03. The zero-order valence-electron chi connectivity index (χ0n) is 12.7. The van der Waals surface area contributed by atoms with Crippen molar-refractivity contribution < 1.29 is 4.79 Å². The van der Waals surface area contributed by atoms with Crippen molar-refractivity contribution in [2.24, 2.45) is 5.10 Å². The fourth-order valence-electron chi connectivity index (χ4n) is 1.98. The number of hydrazone groups is 1. The van der Waals surface area contributed by atoms with Crippen LogP contribution in [0.25, 0.3) is 5.69 Å². The lowest BCUT2D eigenvalue weighted by Crippen LogP contribution is -2.21. The van der Waals surface area contributed by atoms with Crippen LogP contribution < -0.4 is 5.43 Å². The van der Waals surface area contributed by atoms with Gasteiger partial charge in [-0.1, -0.05) is 23.7 Å². The summed E-state index contributed by atoms with van der Waals surface area (Å²) in [5, 5.41) is 15.1. The number of nitrogens with zero attached hydrogens (tertiary/aromatic N) is 5. The predicted octanol–water partition coefficient (Wildman–Crippen LogP) is 2.46. The van der Waals surface area contributed by atoms with Crippen LogP contribution in [0.2, 0.25) is 4.34 Å². The van der Waals surface area contributed by atoms with Crippen LogP contribution in [-0.4, -0.2) is 31.8 Å². The maximum Gasteiger partial charge on any atom is 0.244 e. The normalized spacial score (nSPS) is 11.5. The van der Waals surface area contributed by atoms with Gasteiger partial charge in [-0.25, -0.2) is 10.1 Å². The van der Waals surface area contributed by atoms with Crippen molar-refractivity contribution in [3.63, 3.8) is 0 Å². The van der Waals surface area contributed by atoms with Crippen molar-refractivity contribution in [3.05, 3.63) is 57.5 Å². The number of halogens is 1. The molecule has 24 heavy (non-hydrogen) atoms. The van der Waals surface area contributed by atoms with Gasteiger partial charge in [0.05, 0.1) is 27.0 Å². The van der Waals surface area contributed by atoms with Gasteiger partial charge in [-0.2, -0.15) is 5.10 Å². The fourth-order valence-corrected chi connectivity index (χ4v) is 2.97. The van der Waals surface area contributed by atoms with Gasteiger partial charge in [0.25, 0.3) is 0 Å². The number of rotatable bonds is 5.